The van der Waals surface area contributed by atoms with Gasteiger partial charge in [-0.05, 0) is 42.7 Å². The Morgan fingerprint density at radius 3 is 2.58 bits per heavy atom. The third-order valence-electron chi connectivity index (χ3n) is 5.65. The number of fused-ring (bicyclic) bond motifs is 1. The summed E-state index contributed by atoms with van der Waals surface area (Å²) >= 11 is 3.13. The van der Waals surface area contributed by atoms with Crippen molar-refractivity contribution in [1.29, 1.82) is 0 Å². The van der Waals surface area contributed by atoms with Crippen LogP contribution in [0.5, 0.6) is 0 Å². The SMILES string of the molecule is CCS(=O)(=O)c1ccc(C(=O)N(CCN2CCOCC2)c2nc3c(SC)cccc3s2)cc1. The third kappa shape index (κ3) is 5.41. The van der Waals surface area contributed by atoms with Gasteiger partial charge in [0.25, 0.3) is 5.91 Å². The first-order valence-corrected chi connectivity index (χ1v) is 14.5. The Morgan fingerprint density at radius 2 is 1.91 bits per heavy atom. The van der Waals surface area contributed by atoms with E-state index in [-0.39, 0.29) is 16.6 Å². The van der Waals surface area contributed by atoms with Crippen molar-refractivity contribution in [2.75, 3.05) is 56.3 Å². The van der Waals surface area contributed by atoms with Crippen molar-refractivity contribution in [3.05, 3.63) is 48.0 Å². The molecule has 0 bridgehead atoms. The van der Waals surface area contributed by atoms with Crippen LogP contribution in [0.4, 0.5) is 5.13 Å². The molecule has 3 aromatic rings. The quantitative estimate of drug-likeness (QED) is 0.431. The molecule has 4 rings (SSSR count). The van der Waals surface area contributed by atoms with Crippen LogP contribution in [0.1, 0.15) is 17.3 Å². The molecule has 0 spiro atoms. The summed E-state index contributed by atoms with van der Waals surface area (Å²) in [5.74, 6) is -0.163. The number of amides is 1. The van der Waals surface area contributed by atoms with Crippen molar-refractivity contribution in [2.45, 2.75) is 16.7 Å². The lowest BCUT2D eigenvalue weighted by Crippen LogP contribution is -2.43. The molecular formula is C23H27N3O4S3. The third-order valence-corrected chi connectivity index (χ3v) is 9.21. The smallest absolute Gasteiger partial charge is 0.260 e. The monoisotopic (exact) mass is 505 g/mol. The van der Waals surface area contributed by atoms with E-state index in [0.29, 0.717) is 37.0 Å². The average molecular weight is 506 g/mol. The summed E-state index contributed by atoms with van der Waals surface area (Å²) in [6.45, 7) is 5.87. The maximum Gasteiger partial charge on any atom is 0.260 e. The summed E-state index contributed by atoms with van der Waals surface area (Å²) < 4.78 is 30.8. The number of nitrogens with zero attached hydrogens (tertiary/aromatic N) is 3. The van der Waals surface area contributed by atoms with Crippen molar-refractivity contribution in [3.63, 3.8) is 0 Å². The van der Waals surface area contributed by atoms with Gasteiger partial charge in [-0.1, -0.05) is 24.3 Å². The minimum Gasteiger partial charge on any atom is -0.379 e. The Bertz CT molecular complexity index is 1220. The zero-order chi connectivity index (χ0) is 23.4. The molecule has 1 saturated heterocycles. The molecule has 0 saturated carbocycles. The van der Waals surface area contributed by atoms with Gasteiger partial charge in [-0.15, -0.1) is 11.8 Å². The molecule has 1 aliphatic heterocycles. The van der Waals surface area contributed by atoms with Crippen LogP contribution in [0.2, 0.25) is 0 Å². The van der Waals surface area contributed by atoms with Crippen molar-refractivity contribution in [2.24, 2.45) is 0 Å². The van der Waals surface area contributed by atoms with Crippen molar-refractivity contribution in [3.8, 4) is 0 Å². The summed E-state index contributed by atoms with van der Waals surface area (Å²) in [5.41, 5.74) is 1.34. The number of anilines is 1. The summed E-state index contributed by atoms with van der Waals surface area (Å²) in [7, 11) is -3.32. The maximum atomic E-state index is 13.6. The topological polar surface area (TPSA) is 79.8 Å². The van der Waals surface area contributed by atoms with Gasteiger partial charge in [0.15, 0.2) is 15.0 Å². The highest BCUT2D eigenvalue weighted by Gasteiger charge is 2.24. The molecule has 1 fully saturated rings. The minimum absolute atomic E-state index is 0.0233. The van der Waals surface area contributed by atoms with Crippen molar-refractivity contribution >= 4 is 54.2 Å². The summed E-state index contributed by atoms with van der Waals surface area (Å²) in [4.78, 5) is 23.7. The molecule has 0 radical (unpaired) electrons. The van der Waals surface area contributed by atoms with E-state index in [9.17, 15) is 13.2 Å². The van der Waals surface area contributed by atoms with Gasteiger partial charge in [-0.25, -0.2) is 13.4 Å². The lowest BCUT2D eigenvalue weighted by molar-refractivity contribution is 0.0391. The first-order valence-electron chi connectivity index (χ1n) is 10.8. The summed E-state index contributed by atoms with van der Waals surface area (Å²) in [5, 5.41) is 0.648. The highest BCUT2D eigenvalue weighted by molar-refractivity contribution is 7.98. The molecule has 176 valence electrons. The van der Waals surface area contributed by atoms with Crippen LogP contribution in [0.15, 0.2) is 52.3 Å². The van der Waals surface area contributed by atoms with Gasteiger partial charge in [-0.3, -0.25) is 14.6 Å². The minimum atomic E-state index is -3.32. The second-order valence-electron chi connectivity index (χ2n) is 7.64. The fourth-order valence-corrected chi connectivity index (χ4v) is 6.20. The Balaban J connectivity index is 1.65. The second-order valence-corrected chi connectivity index (χ2v) is 11.8. The van der Waals surface area contributed by atoms with Gasteiger partial charge in [-0.2, -0.15) is 0 Å². The molecule has 1 aliphatic rings. The Hall–Kier alpha value is -1.98. The van der Waals surface area contributed by atoms with Crippen molar-refractivity contribution in [1.82, 2.24) is 9.88 Å². The largest absolute Gasteiger partial charge is 0.379 e. The maximum absolute atomic E-state index is 13.6. The van der Waals surface area contributed by atoms with Crippen LogP contribution in [-0.2, 0) is 14.6 Å². The van der Waals surface area contributed by atoms with E-state index in [1.807, 2.05) is 24.5 Å². The lowest BCUT2D eigenvalue weighted by Gasteiger charge is -2.29. The van der Waals surface area contributed by atoms with Gasteiger partial charge >= 0.3 is 0 Å². The zero-order valence-electron chi connectivity index (χ0n) is 18.7. The number of sulfone groups is 1. The molecule has 0 aliphatic carbocycles. The molecule has 0 unspecified atom stereocenters. The Kier molecular flexibility index (Phi) is 7.70. The number of hydrogen-bond acceptors (Lipinski definition) is 8. The molecule has 1 aromatic heterocycles. The predicted octanol–water partition coefficient (Wildman–Crippen LogP) is 3.79. The molecule has 0 N–H and O–H groups in total. The van der Waals surface area contributed by atoms with Crippen LogP contribution in [0.3, 0.4) is 0 Å². The Labute approximate surface area is 202 Å². The predicted molar refractivity (Wildman–Crippen MR) is 135 cm³/mol. The Morgan fingerprint density at radius 1 is 1.18 bits per heavy atom. The van der Waals surface area contributed by atoms with Gasteiger partial charge in [0, 0.05) is 36.6 Å². The van der Waals surface area contributed by atoms with E-state index in [1.54, 1.807) is 35.7 Å². The number of aromatic nitrogens is 1. The van der Waals surface area contributed by atoms with Crippen LogP contribution < -0.4 is 4.90 Å². The number of hydrogen-bond donors (Lipinski definition) is 0. The molecule has 2 aromatic carbocycles. The summed E-state index contributed by atoms with van der Waals surface area (Å²) in [6, 6.07) is 12.3. The van der Waals surface area contributed by atoms with Gasteiger partial charge < -0.3 is 4.74 Å². The normalized spacial score (nSPS) is 15.1. The van der Waals surface area contributed by atoms with E-state index < -0.39 is 9.84 Å². The van der Waals surface area contributed by atoms with Crippen LogP contribution in [0, 0.1) is 0 Å². The number of ether oxygens (including phenoxy) is 1. The number of thiazole rings is 1. The number of morpholine rings is 1. The second kappa shape index (κ2) is 10.5. The number of rotatable bonds is 8. The van der Waals surface area contributed by atoms with Crippen LogP contribution in [0.25, 0.3) is 10.2 Å². The number of carbonyl (C=O) groups is 1. The molecule has 2 heterocycles. The molecule has 33 heavy (non-hydrogen) atoms. The fourth-order valence-electron chi connectivity index (χ4n) is 3.67. The van der Waals surface area contributed by atoms with Crippen molar-refractivity contribution < 1.29 is 17.9 Å². The van der Waals surface area contributed by atoms with E-state index in [2.05, 4.69) is 4.90 Å². The van der Waals surface area contributed by atoms with E-state index in [1.165, 1.54) is 23.5 Å². The first-order chi connectivity index (χ1) is 15.9. The van der Waals surface area contributed by atoms with Gasteiger partial charge in [0.1, 0.15) is 0 Å². The number of carbonyl (C=O) groups excluding carboxylic acids is 1. The first kappa shape index (κ1) is 24.2. The van der Waals surface area contributed by atoms with E-state index in [4.69, 9.17) is 9.72 Å². The van der Waals surface area contributed by atoms with Crippen LogP contribution in [-0.4, -0.2) is 75.6 Å². The summed E-state index contributed by atoms with van der Waals surface area (Å²) in [6.07, 6.45) is 2.01. The van der Waals surface area contributed by atoms with E-state index in [0.717, 1.165) is 28.2 Å². The highest BCUT2D eigenvalue weighted by Crippen LogP contribution is 2.34. The number of thioether (sulfide) groups is 1. The molecular weight excluding hydrogens is 478 g/mol. The molecule has 0 atom stereocenters. The zero-order valence-corrected chi connectivity index (χ0v) is 21.1. The fraction of sp³-hybridized carbons (Fsp3) is 0.391. The molecule has 7 nitrogen and oxygen atoms in total. The van der Waals surface area contributed by atoms with Gasteiger partial charge in [0.05, 0.1) is 34.1 Å². The number of para-hydroxylation sites is 1. The van der Waals surface area contributed by atoms with Crippen LogP contribution >= 0.6 is 23.1 Å². The number of benzene rings is 2. The molecule has 10 heteroatoms. The van der Waals surface area contributed by atoms with Gasteiger partial charge in [0.2, 0.25) is 0 Å². The standard InChI is InChI=1S/C23H27N3O4S3/c1-3-33(28,29)18-9-7-17(8-10-18)22(27)26(12-11-25-13-15-30-16-14-25)23-24-21-19(31-2)5-4-6-20(21)32-23/h4-10H,3,11-16H2,1-2H3. The average Bonchev–Trinajstić information content (AvgIpc) is 3.29. The molecule has 1 amide bonds. The lowest BCUT2D eigenvalue weighted by atomic mass is 10.2. The van der Waals surface area contributed by atoms with E-state index >= 15 is 0 Å². The highest BCUT2D eigenvalue weighted by atomic mass is 32.2.